The van der Waals surface area contributed by atoms with Crippen LogP contribution in [-0.2, 0) is 6.42 Å². The minimum absolute atomic E-state index is 0.555. The molecule has 0 fully saturated rings. The average molecular weight is 280 g/mol. The molecule has 0 unspecified atom stereocenters. The van der Waals surface area contributed by atoms with Gasteiger partial charge in [-0.2, -0.15) is 5.26 Å². The van der Waals surface area contributed by atoms with Crippen LogP contribution in [0, 0.1) is 11.3 Å². The Hall–Kier alpha value is -1.08. The van der Waals surface area contributed by atoms with Crippen LogP contribution >= 0.6 is 34.3 Å². The zero-order valence-corrected chi connectivity index (χ0v) is 11.6. The quantitative estimate of drug-likeness (QED) is 0.725. The van der Waals surface area contributed by atoms with Crippen molar-refractivity contribution in [1.29, 1.82) is 5.26 Å². The van der Waals surface area contributed by atoms with Crippen molar-refractivity contribution in [2.75, 3.05) is 0 Å². The van der Waals surface area contributed by atoms with Gasteiger partial charge in [-0.3, -0.25) is 0 Å². The predicted molar refractivity (Wildman–Crippen MR) is 76.3 cm³/mol. The highest BCUT2D eigenvalue weighted by Gasteiger charge is 2.12. The summed E-state index contributed by atoms with van der Waals surface area (Å²) in [6.45, 7) is 2.11. The van der Waals surface area contributed by atoms with Crippen LogP contribution in [0.1, 0.15) is 21.6 Å². The van der Waals surface area contributed by atoms with Crippen LogP contribution in [-0.4, -0.2) is 0 Å². The summed E-state index contributed by atoms with van der Waals surface area (Å²) >= 11 is 9.48. The maximum absolute atomic E-state index is 9.21. The van der Waals surface area contributed by atoms with E-state index in [0.717, 1.165) is 16.2 Å². The summed E-state index contributed by atoms with van der Waals surface area (Å²) in [5.41, 5.74) is 0.561. The molecule has 0 amide bonds. The molecule has 0 spiro atoms. The number of rotatable bonds is 3. The Morgan fingerprint density at radius 2 is 2.18 bits per heavy atom. The van der Waals surface area contributed by atoms with Crippen LogP contribution in [0.25, 0.3) is 10.6 Å². The molecule has 86 valence electrons. The highest BCUT2D eigenvalue weighted by atomic mass is 35.5. The molecule has 2 aromatic rings. The second-order valence-electron chi connectivity index (χ2n) is 3.40. The fourth-order valence-electron chi connectivity index (χ4n) is 1.44. The minimum Gasteiger partial charge on any atom is -0.192 e. The fraction of sp³-hybridized carbons (Fsp3) is 0.154. The van der Waals surface area contributed by atoms with Gasteiger partial charge in [0.1, 0.15) is 6.07 Å². The molecule has 2 rings (SSSR count). The largest absolute Gasteiger partial charge is 0.192 e. The first-order chi connectivity index (χ1) is 8.26. The number of aryl methyl sites for hydroxylation is 1. The molecule has 1 nitrogen and oxygen atoms in total. The smallest absolute Gasteiger partial charge is 0.102 e. The van der Waals surface area contributed by atoms with Crippen LogP contribution < -0.4 is 0 Å². The molecule has 0 saturated carbocycles. The van der Waals surface area contributed by atoms with E-state index >= 15 is 0 Å². The number of nitriles is 1. The van der Waals surface area contributed by atoms with Gasteiger partial charge in [-0.25, -0.2) is 0 Å². The zero-order chi connectivity index (χ0) is 12.3. The molecule has 0 aliphatic rings. The van der Waals surface area contributed by atoms with Gasteiger partial charge in [0.25, 0.3) is 0 Å². The van der Waals surface area contributed by atoms with Gasteiger partial charge in [0, 0.05) is 14.6 Å². The van der Waals surface area contributed by atoms with Gasteiger partial charge >= 0.3 is 0 Å². The second-order valence-corrected chi connectivity index (χ2v) is 5.89. The van der Waals surface area contributed by atoms with Crippen LogP contribution in [0.5, 0.6) is 0 Å². The van der Waals surface area contributed by atoms with Gasteiger partial charge < -0.3 is 0 Å². The van der Waals surface area contributed by atoms with Crippen molar-refractivity contribution in [3.8, 4) is 6.07 Å². The van der Waals surface area contributed by atoms with Crippen LogP contribution in [0.3, 0.4) is 0 Å². The summed E-state index contributed by atoms with van der Waals surface area (Å²) in [6, 6.07) is 10.1. The average Bonchev–Trinajstić information content (AvgIpc) is 3.00. The topological polar surface area (TPSA) is 23.8 Å². The lowest BCUT2D eigenvalue weighted by Crippen LogP contribution is -1.79. The lowest BCUT2D eigenvalue weighted by molar-refractivity contribution is 1.19. The van der Waals surface area contributed by atoms with Crippen molar-refractivity contribution >= 4 is 44.9 Å². The third kappa shape index (κ3) is 2.61. The van der Waals surface area contributed by atoms with Crippen molar-refractivity contribution in [3.63, 3.8) is 0 Å². The van der Waals surface area contributed by atoms with Gasteiger partial charge in [0.2, 0.25) is 0 Å². The van der Waals surface area contributed by atoms with Gasteiger partial charge in [-0.1, -0.05) is 24.6 Å². The number of hydrogen-bond donors (Lipinski definition) is 0. The van der Waals surface area contributed by atoms with E-state index < -0.39 is 0 Å². The van der Waals surface area contributed by atoms with E-state index in [-0.39, 0.29) is 0 Å². The molecule has 0 N–H and O–H groups in total. The Bertz CT molecular complexity index is 573. The number of hydrogen-bond acceptors (Lipinski definition) is 3. The minimum atomic E-state index is 0.555. The number of allylic oxidation sites excluding steroid dienone is 1. The van der Waals surface area contributed by atoms with E-state index in [0.29, 0.717) is 10.6 Å². The molecular weight excluding hydrogens is 270 g/mol. The normalized spacial score (nSPS) is 12.1. The summed E-state index contributed by atoms with van der Waals surface area (Å²) in [6.07, 6.45) is 0.996. The molecule has 2 heterocycles. The highest BCUT2D eigenvalue weighted by molar-refractivity contribution is 7.14. The summed E-state index contributed by atoms with van der Waals surface area (Å²) in [5.74, 6) is 0. The van der Waals surface area contributed by atoms with E-state index in [9.17, 15) is 5.26 Å². The molecular formula is C13H10ClNS2. The Morgan fingerprint density at radius 3 is 2.71 bits per heavy atom. The lowest BCUT2D eigenvalue weighted by atomic mass is 10.2. The highest BCUT2D eigenvalue weighted by Crippen LogP contribution is 2.35. The SMILES string of the molecule is CCc1ccc(C(Cl)=C(C#N)c2cccs2)s1. The van der Waals surface area contributed by atoms with Crippen molar-refractivity contribution in [3.05, 3.63) is 44.3 Å². The van der Waals surface area contributed by atoms with Crippen LogP contribution in [0.15, 0.2) is 29.6 Å². The van der Waals surface area contributed by atoms with Crippen molar-refractivity contribution < 1.29 is 0 Å². The molecule has 0 aromatic carbocycles. The molecule has 0 radical (unpaired) electrons. The van der Waals surface area contributed by atoms with Gasteiger partial charge in [0.05, 0.1) is 10.6 Å². The molecule has 0 aliphatic carbocycles. The monoisotopic (exact) mass is 279 g/mol. The zero-order valence-electron chi connectivity index (χ0n) is 9.24. The Kier molecular flexibility index (Phi) is 4.01. The Balaban J connectivity index is 2.46. The molecule has 0 atom stereocenters. The molecule has 4 heteroatoms. The molecule has 0 bridgehead atoms. The third-order valence-corrected chi connectivity index (χ3v) is 4.96. The van der Waals surface area contributed by atoms with Crippen LogP contribution in [0.2, 0.25) is 0 Å². The third-order valence-electron chi connectivity index (χ3n) is 2.33. The Morgan fingerprint density at radius 1 is 1.35 bits per heavy atom. The second kappa shape index (κ2) is 5.50. The summed E-state index contributed by atoms with van der Waals surface area (Å²) in [5, 5.41) is 11.7. The van der Waals surface area contributed by atoms with Crippen molar-refractivity contribution in [2.24, 2.45) is 0 Å². The maximum atomic E-state index is 9.21. The standard InChI is InChI=1S/C13H10ClNS2/c1-2-9-5-6-12(17-9)13(14)10(8-15)11-4-3-7-16-11/h3-7H,2H2,1H3. The first kappa shape index (κ1) is 12.4. The lowest BCUT2D eigenvalue weighted by Gasteiger charge is -1.98. The molecule has 2 aromatic heterocycles. The molecule has 0 saturated heterocycles. The maximum Gasteiger partial charge on any atom is 0.102 e. The summed E-state index contributed by atoms with van der Waals surface area (Å²) < 4.78 is 0. The predicted octanol–water partition coefficient (Wildman–Crippen LogP) is 5.00. The van der Waals surface area contributed by atoms with Crippen LogP contribution in [0.4, 0.5) is 0 Å². The number of nitrogens with zero attached hydrogens (tertiary/aromatic N) is 1. The van der Waals surface area contributed by atoms with Crippen molar-refractivity contribution in [2.45, 2.75) is 13.3 Å². The Labute approximate surface area is 114 Å². The van der Waals surface area contributed by atoms with E-state index in [1.807, 2.05) is 23.6 Å². The summed E-state index contributed by atoms with van der Waals surface area (Å²) in [4.78, 5) is 3.17. The molecule has 17 heavy (non-hydrogen) atoms. The van der Waals surface area contributed by atoms with E-state index in [4.69, 9.17) is 11.6 Å². The van der Waals surface area contributed by atoms with E-state index in [1.165, 1.54) is 16.2 Å². The van der Waals surface area contributed by atoms with Gasteiger partial charge in [0.15, 0.2) is 0 Å². The van der Waals surface area contributed by atoms with Gasteiger partial charge in [-0.05, 0) is 30.0 Å². The number of halogens is 1. The van der Waals surface area contributed by atoms with E-state index in [2.05, 4.69) is 19.1 Å². The van der Waals surface area contributed by atoms with E-state index in [1.54, 1.807) is 11.3 Å². The fourth-order valence-corrected chi connectivity index (χ4v) is 3.44. The summed E-state index contributed by atoms with van der Waals surface area (Å²) in [7, 11) is 0. The molecule has 0 aliphatic heterocycles. The van der Waals surface area contributed by atoms with Crippen molar-refractivity contribution in [1.82, 2.24) is 0 Å². The first-order valence-electron chi connectivity index (χ1n) is 5.19. The van der Waals surface area contributed by atoms with Gasteiger partial charge in [-0.15, -0.1) is 22.7 Å². The number of thiophene rings is 2. The first-order valence-corrected chi connectivity index (χ1v) is 7.26.